The standard InChI is InChI=1S/Fe.H3N.Ti.V/h;1H3;;. The van der Waals surface area contributed by atoms with Gasteiger partial charge >= 0.3 is 0 Å². The zero-order valence-corrected chi connectivity index (χ0v) is 6.07. The Morgan fingerprint density at radius 1 is 1.00 bits per heavy atom. The number of hydrogen-bond acceptors (Lipinski definition) is 1. The summed E-state index contributed by atoms with van der Waals surface area (Å²) in [5.41, 5.74) is 0. The molecule has 0 aromatic carbocycles. The molecular formula is H3FeNTiV. The van der Waals surface area contributed by atoms with Crippen molar-refractivity contribution in [2.24, 2.45) is 0 Å². The molecule has 0 aliphatic carbocycles. The van der Waals surface area contributed by atoms with Crippen molar-refractivity contribution in [3.8, 4) is 0 Å². The van der Waals surface area contributed by atoms with E-state index in [1.165, 1.54) is 0 Å². The van der Waals surface area contributed by atoms with Crippen molar-refractivity contribution in [2.75, 3.05) is 0 Å². The minimum Gasteiger partial charge on any atom is -0.344 e. The summed E-state index contributed by atoms with van der Waals surface area (Å²) in [7, 11) is 0. The van der Waals surface area contributed by atoms with Crippen molar-refractivity contribution >= 4 is 0 Å². The molecule has 0 spiro atoms. The first kappa shape index (κ1) is 41.7. The summed E-state index contributed by atoms with van der Waals surface area (Å²) >= 11 is 0. The molecule has 0 atom stereocenters. The Morgan fingerprint density at radius 2 is 1.00 bits per heavy atom. The quantitative estimate of drug-likeness (QED) is 0.518. The van der Waals surface area contributed by atoms with Crippen molar-refractivity contribution in [1.82, 2.24) is 6.15 Å². The molecular weight excluding hydrogens is 169 g/mol. The molecule has 0 unspecified atom stereocenters. The fourth-order valence-electron chi connectivity index (χ4n) is 0. The molecule has 0 aliphatic rings. The van der Waals surface area contributed by atoms with Gasteiger partial charge in [0.2, 0.25) is 0 Å². The zero-order chi connectivity index (χ0) is 0. The Morgan fingerprint density at radius 3 is 1.00 bits per heavy atom. The maximum Gasteiger partial charge on any atom is 0 e. The summed E-state index contributed by atoms with van der Waals surface area (Å²) in [6.07, 6.45) is 0. The van der Waals surface area contributed by atoms with Crippen LogP contribution < -0.4 is 6.15 Å². The van der Waals surface area contributed by atoms with Crippen LogP contribution in [0.3, 0.4) is 0 Å². The Balaban J connectivity index is 0. The molecule has 0 aliphatic heterocycles. The van der Waals surface area contributed by atoms with Crippen molar-refractivity contribution < 1.29 is 57.3 Å². The van der Waals surface area contributed by atoms with E-state index >= 15 is 0 Å². The monoisotopic (exact) mass is 172 g/mol. The number of hydrogen-bond donors (Lipinski definition) is 1. The van der Waals surface area contributed by atoms with Crippen LogP contribution in [-0.4, -0.2) is 0 Å². The number of rotatable bonds is 0. The molecule has 4 heteroatoms. The largest absolute Gasteiger partial charge is 0.344 e. The van der Waals surface area contributed by atoms with Crippen molar-refractivity contribution in [2.45, 2.75) is 0 Å². The molecule has 0 saturated carbocycles. The third-order valence-electron chi connectivity index (χ3n) is 0. The summed E-state index contributed by atoms with van der Waals surface area (Å²) < 4.78 is 0. The van der Waals surface area contributed by atoms with Gasteiger partial charge in [-0.2, -0.15) is 0 Å². The van der Waals surface area contributed by atoms with Crippen molar-refractivity contribution in [1.29, 1.82) is 0 Å². The maximum atomic E-state index is 0. The fourth-order valence-corrected chi connectivity index (χ4v) is 0. The van der Waals surface area contributed by atoms with E-state index in [2.05, 4.69) is 0 Å². The van der Waals surface area contributed by atoms with Crippen LogP contribution >= 0.6 is 0 Å². The van der Waals surface area contributed by atoms with Crippen LogP contribution in [0.5, 0.6) is 0 Å². The Bertz CT molecular complexity index is 8.00. The van der Waals surface area contributed by atoms with Crippen LogP contribution in [0.25, 0.3) is 0 Å². The summed E-state index contributed by atoms with van der Waals surface area (Å²) in [5.74, 6) is 0. The SMILES string of the molecule is N.[Fe].[Ti].[V]. The fraction of sp³-hybridized carbons (Fsp3) is 0. The first-order valence-electron chi connectivity index (χ1n) is 0. The van der Waals surface area contributed by atoms with Crippen LogP contribution in [0.4, 0.5) is 0 Å². The molecule has 0 amide bonds. The van der Waals surface area contributed by atoms with E-state index in [9.17, 15) is 0 Å². The van der Waals surface area contributed by atoms with Gasteiger partial charge in [-0.15, -0.1) is 0 Å². The van der Waals surface area contributed by atoms with Gasteiger partial charge in [-0.05, 0) is 0 Å². The molecule has 0 aromatic heterocycles. The zero-order valence-electron chi connectivity index (χ0n) is 2.01. The second kappa shape index (κ2) is 21.6. The summed E-state index contributed by atoms with van der Waals surface area (Å²) in [4.78, 5) is 0. The molecule has 1 radical (unpaired) electrons. The molecule has 0 fully saturated rings. The van der Waals surface area contributed by atoms with E-state index in [1.807, 2.05) is 0 Å². The molecule has 0 aromatic rings. The molecule has 3 N–H and O–H groups in total. The Hall–Kier alpha value is 1.78. The van der Waals surface area contributed by atoms with Crippen LogP contribution in [0, 0.1) is 0 Å². The first-order valence-corrected chi connectivity index (χ1v) is 0. The van der Waals surface area contributed by atoms with Gasteiger partial charge in [0.05, 0.1) is 0 Å². The minimum absolute atomic E-state index is 0. The second-order valence-electron chi connectivity index (χ2n) is 0. The molecule has 0 saturated heterocycles. The van der Waals surface area contributed by atoms with Crippen molar-refractivity contribution in [3.05, 3.63) is 0 Å². The minimum atomic E-state index is 0. The second-order valence-corrected chi connectivity index (χ2v) is 0. The van der Waals surface area contributed by atoms with Gasteiger partial charge < -0.3 is 6.15 Å². The average Bonchev–Trinajstić information content (AvgIpc) is 0. The Kier molecular flexibility index (Phi) is 225. The van der Waals surface area contributed by atoms with Gasteiger partial charge in [-0.1, -0.05) is 0 Å². The van der Waals surface area contributed by atoms with E-state index in [4.69, 9.17) is 0 Å². The topological polar surface area (TPSA) is 35.0 Å². The van der Waals surface area contributed by atoms with E-state index in [1.54, 1.807) is 0 Å². The smallest absolute Gasteiger partial charge is 0 e. The predicted octanol–water partition coefficient (Wildman–Crippen LogP) is 0.154. The Labute approximate surface area is 63.1 Å². The summed E-state index contributed by atoms with van der Waals surface area (Å²) in [5, 5.41) is 0. The van der Waals surface area contributed by atoms with Gasteiger partial charge in [-0.25, -0.2) is 0 Å². The molecule has 1 nitrogen and oxygen atoms in total. The van der Waals surface area contributed by atoms with Gasteiger partial charge in [0.15, 0.2) is 0 Å². The normalized spacial score (nSPS) is 0. The maximum absolute atomic E-state index is 0. The van der Waals surface area contributed by atoms with Crippen LogP contribution in [0.2, 0.25) is 0 Å². The molecule has 0 heterocycles. The third-order valence-corrected chi connectivity index (χ3v) is 0. The predicted molar refractivity (Wildman–Crippen MR) is 5.02 cm³/mol. The molecule has 4 heavy (non-hydrogen) atoms. The summed E-state index contributed by atoms with van der Waals surface area (Å²) in [6, 6.07) is 0. The molecule has 25 valence electrons. The molecule has 0 bridgehead atoms. The van der Waals surface area contributed by atoms with Crippen LogP contribution in [0.15, 0.2) is 0 Å². The first-order chi connectivity index (χ1) is 0. The van der Waals surface area contributed by atoms with E-state index in [0.29, 0.717) is 0 Å². The van der Waals surface area contributed by atoms with Gasteiger partial charge in [0.1, 0.15) is 0 Å². The summed E-state index contributed by atoms with van der Waals surface area (Å²) in [6.45, 7) is 0. The van der Waals surface area contributed by atoms with E-state index in [-0.39, 0.29) is 63.5 Å². The molecule has 0 rings (SSSR count). The van der Waals surface area contributed by atoms with Crippen molar-refractivity contribution in [3.63, 3.8) is 0 Å². The van der Waals surface area contributed by atoms with Gasteiger partial charge in [0.25, 0.3) is 0 Å². The average molecular weight is 172 g/mol. The third kappa shape index (κ3) is 9.22. The van der Waals surface area contributed by atoms with Crippen LogP contribution in [-0.2, 0) is 57.3 Å². The van der Waals surface area contributed by atoms with E-state index in [0.717, 1.165) is 0 Å². The van der Waals surface area contributed by atoms with Crippen LogP contribution in [0.1, 0.15) is 0 Å². The van der Waals surface area contributed by atoms with Gasteiger partial charge in [0, 0.05) is 57.3 Å². The van der Waals surface area contributed by atoms with E-state index < -0.39 is 0 Å². The van der Waals surface area contributed by atoms with Gasteiger partial charge in [-0.3, -0.25) is 0 Å².